The largest absolute Gasteiger partial charge is 0.337 e. The van der Waals surface area contributed by atoms with Crippen LogP contribution in [0.1, 0.15) is 12.0 Å². The Kier molecular flexibility index (Phi) is 2.68. The fraction of sp³-hybridized carbons (Fsp3) is 0.364. The number of carbonyl (C=O) groups excluding carboxylic acids is 1. The smallest absolute Gasteiger partial charge is 0.239 e. The first-order chi connectivity index (χ1) is 7.16. The van der Waals surface area contributed by atoms with Gasteiger partial charge in [0.2, 0.25) is 5.91 Å². The summed E-state index contributed by atoms with van der Waals surface area (Å²) >= 11 is 0. The molecule has 1 aromatic carbocycles. The molecular weight excluding hydrogens is 195 g/mol. The molecule has 1 fully saturated rings. The van der Waals surface area contributed by atoms with Gasteiger partial charge in [-0.25, -0.2) is 4.39 Å². The molecule has 0 bridgehead atoms. The van der Waals surface area contributed by atoms with Crippen LogP contribution in [0.2, 0.25) is 0 Å². The minimum atomic E-state index is -0.356. The number of hydrogen-bond acceptors (Lipinski definition) is 2. The number of rotatable bonds is 2. The first-order valence-corrected chi connectivity index (χ1v) is 4.95. The molecule has 1 atom stereocenters. The monoisotopic (exact) mass is 208 g/mol. The van der Waals surface area contributed by atoms with Crippen molar-refractivity contribution < 1.29 is 9.18 Å². The topological polar surface area (TPSA) is 46.3 Å². The molecule has 0 aromatic heterocycles. The van der Waals surface area contributed by atoms with Crippen molar-refractivity contribution in [2.45, 2.75) is 19.0 Å². The highest BCUT2D eigenvalue weighted by molar-refractivity contribution is 5.83. The Bertz CT molecular complexity index is 363. The van der Waals surface area contributed by atoms with Gasteiger partial charge in [0.25, 0.3) is 0 Å². The van der Waals surface area contributed by atoms with Gasteiger partial charge in [0.1, 0.15) is 5.82 Å². The third kappa shape index (κ3) is 2.15. The summed E-state index contributed by atoms with van der Waals surface area (Å²) in [6.45, 7) is 1.21. The summed E-state index contributed by atoms with van der Waals surface area (Å²) in [5.41, 5.74) is 6.52. The van der Waals surface area contributed by atoms with Crippen LogP contribution in [-0.4, -0.2) is 23.4 Å². The maximum absolute atomic E-state index is 12.6. The van der Waals surface area contributed by atoms with E-state index in [4.69, 9.17) is 5.73 Å². The van der Waals surface area contributed by atoms with E-state index in [0.29, 0.717) is 19.5 Å². The Balaban J connectivity index is 2.03. The number of hydrogen-bond donors (Lipinski definition) is 1. The molecule has 1 aliphatic rings. The quantitative estimate of drug-likeness (QED) is 0.784. The van der Waals surface area contributed by atoms with Gasteiger partial charge in [0.15, 0.2) is 0 Å². The number of carbonyl (C=O) groups is 1. The van der Waals surface area contributed by atoms with Gasteiger partial charge >= 0.3 is 0 Å². The molecule has 2 rings (SSSR count). The molecule has 15 heavy (non-hydrogen) atoms. The van der Waals surface area contributed by atoms with E-state index in [1.165, 1.54) is 12.1 Å². The molecule has 0 spiro atoms. The van der Waals surface area contributed by atoms with E-state index < -0.39 is 0 Å². The van der Waals surface area contributed by atoms with Crippen LogP contribution in [0, 0.1) is 5.82 Å². The third-order valence-electron chi connectivity index (χ3n) is 2.63. The SMILES string of the molecule is N[C@H]1CCN(Cc2ccc(F)cc2)C1=O. The predicted molar refractivity (Wildman–Crippen MR) is 54.4 cm³/mol. The van der Waals surface area contributed by atoms with E-state index >= 15 is 0 Å². The number of amides is 1. The van der Waals surface area contributed by atoms with Crippen LogP contribution < -0.4 is 5.73 Å². The van der Waals surface area contributed by atoms with Crippen molar-refractivity contribution in [1.82, 2.24) is 4.90 Å². The second kappa shape index (κ2) is 3.98. The molecule has 3 nitrogen and oxygen atoms in total. The second-order valence-electron chi connectivity index (χ2n) is 3.78. The summed E-state index contributed by atoms with van der Waals surface area (Å²) < 4.78 is 12.6. The number of benzene rings is 1. The Morgan fingerprint density at radius 3 is 2.60 bits per heavy atom. The van der Waals surface area contributed by atoms with Gasteiger partial charge in [-0.3, -0.25) is 4.79 Å². The fourth-order valence-corrected chi connectivity index (χ4v) is 1.73. The van der Waals surface area contributed by atoms with Crippen LogP contribution in [-0.2, 0) is 11.3 Å². The van der Waals surface area contributed by atoms with E-state index in [1.54, 1.807) is 17.0 Å². The van der Waals surface area contributed by atoms with Crippen molar-refractivity contribution in [2.75, 3.05) is 6.54 Å². The Morgan fingerprint density at radius 1 is 1.40 bits per heavy atom. The lowest BCUT2D eigenvalue weighted by molar-refractivity contribution is -0.129. The maximum atomic E-state index is 12.6. The highest BCUT2D eigenvalue weighted by atomic mass is 19.1. The highest BCUT2D eigenvalue weighted by Crippen LogP contribution is 2.13. The van der Waals surface area contributed by atoms with Gasteiger partial charge < -0.3 is 10.6 Å². The molecule has 1 heterocycles. The molecule has 4 heteroatoms. The van der Waals surface area contributed by atoms with E-state index in [9.17, 15) is 9.18 Å². The molecule has 0 radical (unpaired) electrons. The zero-order valence-corrected chi connectivity index (χ0v) is 8.32. The van der Waals surface area contributed by atoms with Gasteiger partial charge in [-0.1, -0.05) is 12.1 Å². The van der Waals surface area contributed by atoms with Crippen LogP contribution >= 0.6 is 0 Å². The van der Waals surface area contributed by atoms with E-state index in [0.717, 1.165) is 5.56 Å². The summed E-state index contributed by atoms with van der Waals surface area (Å²) in [4.78, 5) is 13.2. The molecular formula is C11H13FN2O. The van der Waals surface area contributed by atoms with Crippen molar-refractivity contribution in [3.05, 3.63) is 35.6 Å². The van der Waals surface area contributed by atoms with Crippen molar-refractivity contribution >= 4 is 5.91 Å². The van der Waals surface area contributed by atoms with Crippen LogP contribution in [0.15, 0.2) is 24.3 Å². The molecule has 0 aliphatic carbocycles. The zero-order valence-electron chi connectivity index (χ0n) is 8.32. The minimum absolute atomic E-state index is 0.0145. The molecule has 1 aromatic rings. The standard InChI is InChI=1S/C11H13FN2O/c12-9-3-1-8(2-4-9)7-14-6-5-10(13)11(14)15/h1-4,10H,5-7,13H2/t10-/m0/s1. The number of halogens is 1. The second-order valence-corrected chi connectivity index (χ2v) is 3.78. The Morgan fingerprint density at radius 2 is 2.07 bits per heavy atom. The van der Waals surface area contributed by atoms with Gasteiger partial charge in [0.05, 0.1) is 6.04 Å². The first kappa shape index (κ1) is 10.1. The van der Waals surface area contributed by atoms with Crippen LogP contribution in [0.25, 0.3) is 0 Å². The van der Waals surface area contributed by atoms with Crippen molar-refractivity contribution in [3.8, 4) is 0 Å². The molecule has 1 amide bonds. The summed E-state index contributed by atoms with van der Waals surface area (Å²) in [7, 11) is 0. The zero-order chi connectivity index (χ0) is 10.8. The summed E-state index contributed by atoms with van der Waals surface area (Å²) in [5, 5.41) is 0. The molecule has 0 saturated carbocycles. The van der Waals surface area contributed by atoms with Gasteiger partial charge in [-0.05, 0) is 24.1 Å². The van der Waals surface area contributed by atoms with E-state index in [-0.39, 0.29) is 17.8 Å². The Hall–Kier alpha value is -1.42. The summed E-state index contributed by atoms with van der Waals surface area (Å²) in [6, 6.07) is 5.82. The third-order valence-corrected chi connectivity index (χ3v) is 2.63. The molecule has 2 N–H and O–H groups in total. The van der Waals surface area contributed by atoms with Crippen LogP contribution in [0.4, 0.5) is 4.39 Å². The average Bonchev–Trinajstić information content (AvgIpc) is 2.53. The molecule has 0 unspecified atom stereocenters. The maximum Gasteiger partial charge on any atom is 0.239 e. The predicted octanol–water partition coefficient (Wildman–Crippen LogP) is 0.885. The molecule has 1 aliphatic heterocycles. The van der Waals surface area contributed by atoms with Crippen molar-refractivity contribution in [2.24, 2.45) is 5.73 Å². The van der Waals surface area contributed by atoms with Crippen molar-refractivity contribution in [3.63, 3.8) is 0 Å². The average molecular weight is 208 g/mol. The number of nitrogens with zero attached hydrogens (tertiary/aromatic N) is 1. The highest BCUT2D eigenvalue weighted by Gasteiger charge is 2.27. The number of likely N-dealkylation sites (tertiary alicyclic amines) is 1. The normalized spacial score (nSPS) is 21.1. The molecule has 1 saturated heterocycles. The first-order valence-electron chi connectivity index (χ1n) is 4.95. The van der Waals surface area contributed by atoms with Crippen LogP contribution in [0.3, 0.4) is 0 Å². The lowest BCUT2D eigenvalue weighted by Crippen LogP contribution is -2.33. The van der Waals surface area contributed by atoms with Crippen LogP contribution in [0.5, 0.6) is 0 Å². The number of nitrogens with two attached hydrogens (primary N) is 1. The van der Waals surface area contributed by atoms with E-state index in [1.807, 2.05) is 0 Å². The fourth-order valence-electron chi connectivity index (χ4n) is 1.73. The van der Waals surface area contributed by atoms with Gasteiger partial charge in [0, 0.05) is 13.1 Å². The van der Waals surface area contributed by atoms with Crippen molar-refractivity contribution in [1.29, 1.82) is 0 Å². The van der Waals surface area contributed by atoms with Gasteiger partial charge in [-0.15, -0.1) is 0 Å². The lowest BCUT2D eigenvalue weighted by atomic mass is 10.2. The lowest BCUT2D eigenvalue weighted by Gasteiger charge is -2.15. The van der Waals surface area contributed by atoms with Gasteiger partial charge in [-0.2, -0.15) is 0 Å². The minimum Gasteiger partial charge on any atom is -0.337 e. The summed E-state index contributed by atoms with van der Waals surface area (Å²) in [6.07, 6.45) is 0.708. The molecule has 80 valence electrons. The summed E-state index contributed by atoms with van der Waals surface area (Å²) in [5.74, 6) is -0.275. The van der Waals surface area contributed by atoms with E-state index in [2.05, 4.69) is 0 Å². The Labute approximate surface area is 87.7 Å².